The van der Waals surface area contributed by atoms with Crippen LogP contribution in [0.15, 0.2) is 18.2 Å². The minimum Gasteiger partial charge on any atom is -0.384 e. The first-order valence-corrected chi connectivity index (χ1v) is 5.17. The van der Waals surface area contributed by atoms with E-state index >= 15 is 0 Å². The van der Waals surface area contributed by atoms with Crippen molar-refractivity contribution in [3.63, 3.8) is 0 Å². The fourth-order valence-corrected chi connectivity index (χ4v) is 1.59. The number of benzene rings is 1. The van der Waals surface area contributed by atoms with Crippen LogP contribution in [0.25, 0.3) is 0 Å². The number of nitrogen functional groups attached to an aromatic ring is 1. The SMILES string of the molecule is CSCc1cccc(C(=N)N)c1F. The number of thioether (sulfide) groups is 1. The summed E-state index contributed by atoms with van der Waals surface area (Å²) in [6.07, 6.45) is 1.90. The van der Waals surface area contributed by atoms with Crippen LogP contribution < -0.4 is 5.73 Å². The molecule has 3 N–H and O–H groups in total. The van der Waals surface area contributed by atoms with Gasteiger partial charge in [0.1, 0.15) is 11.7 Å². The Labute approximate surface area is 80.8 Å². The average Bonchev–Trinajstić information content (AvgIpc) is 2.08. The molecule has 0 radical (unpaired) electrons. The van der Waals surface area contributed by atoms with Gasteiger partial charge in [0.05, 0.1) is 5.56 Å². The summed E-state index contributed by atoms with van der Waals surface area (Å²) >= 11 is 1.54. The van der Waals surface area contributed by atoms with Gasteiger partial charge in [-0.05, 0) is 17.9 Å². The molecule has 1 rings (SSSR count). The third kappa shape index (κ3) is 2.21. The molecule has 13 heavy (non-hydrogen) atoms. The summed E-state index contributed by atoms with van der Waals surface area (Å²) < 4.78 is 13.5. The second-order valence-corrected chi connectivity index (χ2v) is 3.49. The molecule has 0 spiro atoms. The highest BCUT2D eigenvalue weighted by Crippen LogP contribution is 2.16. The molecule has 2 nitrogen and oxygen atoms in total. The van der Waals surface area contributed by atoms with Crippen molar-refractivity contribution in [1.29, 1.82) is 5.41 Å². The Morgan fingerprint density at radius 1 is 1.62 bits per heavy atom. The Bertz CT molecular complexity index is 325. The Morgan fingerprint density at radius 3 is 2.85 bits per heavy atom. The number of halogens is 1. The quantitative estimate of drug-likeness (QED) is 0.576. The van der Waals surface area contributed by atoms with Crippen LogP contribution >= 0.6 is 11.8 Å². The summed E-state index contributed by atoms with van der Waals surface area (Å²) in [6.45, 7) is 0. The summed E-state index contributed by atoms with van der Waals surface area (Å²) in [5.41, 5.74) is 6.00. The van der Waals surface area contributed by atoms with Crippen molar-refractivity contribution in [2.45, 2.75) is 5.75 Å². The molecule has 0 aliphatic rings. The van der Waals surface area contributed by atoms with E-state index < -0.39 is 0 Å². The van der Waals surface area contributed by atoms with E-state index in [2.05, 4.69) is 0 Å². The Kier molecular flexibility index (Phi) is 3.31. The number of rotatable bonds is 3. The summed E-state index contributed by atoms with van der Waals surface area (Å²) in [4.78, 5) is 0. The maximum atomic E-state index is 13.5. The number of hydrogen-bond acceptors (Lipinski definition) is 2. The minimum absolute atomic E-state index is 0.187. The van der Waals surface area contributed by atoms with Gasteiger partial charge in [-0.15, -0.1) is 0 Å². The highest BCUT2D eigenvalue weighted by atomic mass is 32.2. The average molecular weight is 198 g/mol. The van der Waals surface area contributed by atoms with Crippen molar-refractivity contribution in [2.24, 2.45) is 5.73 Å². The van der Waals surface area contributed by atoms with Gasteiger partial charge >= 0.3 is 0 Å². The lowest BCUT2D eigenvalue weighted by molar-refractivity contribution is 0.614. The number of hydrogen-bond donors (Lipinski definition) is 2. The molecule has 0 atom stereocenters. The summed E-state index contributed by atoms with van der Waals surface area (Å²) in [7, 11) is 0. The number of nitrogens with two attached hydrogens (primary N) is 1. The lowest BCUT2D eigenvalue weighted by Crippen LogP contribution is -2.14. The lowest BCUT2D eigenvalue weighted by Gasteiger charge is -2.05. The fraction of sp³-hybridized carbons (Fsp3) is 0.222. The normalized spacial score (nSPS) is 10.0. The molecule has 0 aliphatic carbocycles. The van der Waals surface area contributed by atoms with Crippen LogP contribution in [0.1, 0.15) is 11.1 Å². The lowest BCUT2D eigenvalue weighted by atomic mass is 10.1. The van der Waals surface area contributed by atoms with Crippen LogP contribution in [0.4, 0.5) is 4.39 Å². The fourth-order valence-electron chi connectivity index (χ4n) is 1.05. The first kappa shape index (κ1) is 10.1. The summed E-state index contributed by atoms with van der Waals surface area (Å²) in [5.74, 6) is 0.0113. The molecule has 1 aromatic carbocycles. The molecule has 0 heterocycles. The number of amidine groups is 1. The topological polar surface area (TPSA) is 49.9 Å². The van der Waals surface area contributed by atoms with Gasteiger partial charge < -0.3 is 5.73 Å². The van der Waals surface area contributed by atoms with E-state index in [0.717, 1.165) is 0 Å². The monoisotopic (exact) mass is 198 g/mol. The molecular weight excluding hydrogens is 187 g/mol. The Hall–Kier alpha value is -1.03. The van der Waals surface area contributed by atoms with E-state index in [1.807, 2.05) is 6.26 Å². The van der Waals surface area contributed by atoms with Gasteiger partial charge in [0, 0.05) is 5.75 Å². The van der Waals surface area contributed by atoms with Crippen molar-refractivity contribution in [3.05, 3.63) is 35.1 Å². The first-order chi connectivity index (χ1) is 6.16. The van der Waals surface area contributed by atoms with Crippen LogP contribution in [0.5, 0.6) is 0 Å². The van der Waals surface area contributed by atoms with Crippen molar-refractivity contribution >= 4 is 17.6 Å². The maximum Gasteiger partial charge on any atom is 0.138 e. The molecule has 0 saturated heterocycles. The molecule has 0 saturated carbocycles. The van der Waals surface area contributed by atoms with Crippen LogP contribution in [0, 0.1) is 11.2 Å². The zero-order chi connectivity index (χ0) is 9.84. The van der Waals surface area contributed by atoms with Crippen LogP contribution in [0.2, 0.25) is 0 Å². The molecule has 70 valence electrons. The van der Waals surface area contributed by atoms with Crippen molar-refractivity contribution in [1.82, 2.24) is 0 Å². The number of nitrogens with one attached hydrogen (secondary N) is 1. The molecule has 0 amide bonds. The van der Waals surface area contributed by atoms with Crippen molar-refractivity contribution in [3.8, 4) is 0 Å². The molecule has 0 aliphatic heterocycles. The Morgan fingerprint density at radius 2 is 2.31 bits per heavy atom. The van der Waals surface area contributed by atoms with E-state index in [1.54, 1.807) is 12.1 Å². The molecule has 0 bridgehead atoms. The van der Waals surface area contributed by atoms with E-state index in [4.69, 9.17) is 11.1 Å². The highest BCUT2D eigenvalue weighted by molar-refractivity contribution is 7.97. The second-order valence-electron chi connectivity index (χ2n) is 2.63. The largest absolute Gasteiger partial charge is 0.384 e. The first-order valence-electron chi connectivity index (χ1n) is 3.77. The molecule has 0 fully saturated rings. The molecule has 4 heteroatoms. The van der Waals surface area contributed by atoms with Gasteiger partial charge in [0.25, 0.3) is 0 Å². The molecule has 0 aromatic heterocycles. The smallest absolute Gasteiger partial charge is 0.138 e. The van der Waals surface area contributed by atoms with Gasteiger partial charge in [0.15, 0.2) is 0 Å². The van der Waals surface area contributed by atoms with Gasteiger partial charge in [-0.3, -0.25) is 5.41 Å². The molecule has 0 unspecified atom stereocenters. The molecular formula is C9H11FN2S. The van der Waals surface area contributed by atoms with Gasteiger partial charge in [-0.25, -0.2) is 4.39 Å². The summed E-state index contributed by atoms with van der Waals surface area (Å²) in [5, 5.41) is 7.14. The molecule has 1 aromatic rings. The second kappa shape index (κ2) is 4.28. The van der Waals surface area contributed by atoms with Gasteiger partial charge in [-0.2, -0.15) is 11.8 Å². The van der Waals surface area contributed by atoms with Crippen LogP contribution in [-0.2, 0) is 5.75 Å². The van der Waals surface area contributed by atoms with E-state index in [-0.39, 0.29) is 17.2 Å². The minimum atomic E-state index is -0.371. The third-order valence-electron chi connectivity index (χ3n) is 1.67. The van der Waals surface area contributed by atoms with Gasteiger partial charge in [-0.1, -0.05) is 12.1 Å². The zero-order valence-electron chi connectivity index (χ0n) is 7.30. The van der Waals surface area contributed by atoms with E-state index in [9.17, 15) is 4.39 Å². The van der Waals surface area contributed by atoms with Crippen LogP contribution in [-0.4, -0.2) is 12.1 Å². The van der Waals surface area contributed by atoms with Crippen LogP contribution in [0.3, 0.4) is 0 Å². The standard InChI is InChI=1S/C9H11FN2S/c1-13-5-6-3-2-4-7(8(6)10)9(11)12/h2-4H,5H2,1H3,(H3,11,12). The van der Waals surface area contributed by atoms with E-state index in [0.29, 0.717) is 11.3 Å². The van der Waals surface area contributed by atoms with Gasteiger partial charge in [0.2, 0.25) is 0 Å². The van der Waals surface area contributed by atoms with Crippen molar-refractivity contribution < 1.29 is 4.39 Å². The highest BCUT2D eigenvalue weighted by Gasteiger charge is 2.08. The maximum absolute atomic E-state index is 13.5. The van der Waals surface area contributed by atoms with E-state index in [1.165, 1.54) is 17.8 Å². The predicted octanol–water partition coefficient (Wildman–Crippen LogP) is 1.97. The third-order valence-corrected chi connectivity index (χ3v) is 2.27. The predicted molar refractivity (Wildman–Crippen MR) is 54.6 cm³/mol. The zero-order valence-corrected chi connectivity index (χ0v) is 8.12. The summed E-state index contributed by atoms with van der Waals surface area (Å²) in [6, 6.07) is 4.94. The Balaban J connectivity index is 3.10. The van der Waals surface area contributed by atoms with Crippen molar-refractivity contribution in [2.75, 3.05) is 6.26 Å².